The zero-order valence-electron chi connectivity index (χ0n) is 8.61. The maximum atomic E-state index is 12.4. The Labute approximate surface area is 99.8 Å². The molecule has 10 heteroatoms. The molecule has 1 aromatic rings. The minimum absolute atomic E-state index is 0.0320. The maximum absolute atomic E-state index is 12.4. The summed E-state index contributed by atoms with van der Waals surface area (Å²) < 4.78 is 102. The summed E-state index contributed by atoms with van der Waals surface area (Å²) in [4.78, 5) is 0. The topological polar surface area (TPSA) is 29.5 Å². The van der Waals surface area contributed by atoms with Gasteiger partial charge in [-0.2, -0.15) is 35.1 Å². The van der Waals surface area contributed by atoms with Crippen molar-refractivity contribution in [3.05, 3.63) is 23.3 Å². The van der Waals surface area contributed by atoms with Gasteiger partial charge in [-0.3, -0.25) is 0 Å². The number of aromatic hydroxyl groups is 1. The lowest BCUT2D eigenvalue weighted by atomic mass is 10.0. The van der Waals surface area contributed by atoms with Crippen molar-refractivity contribution in [3.8, 4) is 11.5 Å². The minimum atomic E-state index is -5.50. The van der Waals surface area contributed by atoms with Crippen LogP contribution in [0.1, 0.15) is 11.1 Å². The third-order valence-electron chi connectivity index (χ3n) is 1.91. The van der Waals surface area contributed by atoms with Gasteiger partial charge in [-0.25, -0.2) is 0 Å². The van der Waals surface area contributed by atoms with Gasteiger partial charge < -0.3 is 9.84 Å². The summed E-state index contributed by atoms with van der Waals surface area (Å²) in [5, 5.41) is 8.94. The number of hydrogen-bond donors (Lipinski definition) is 1. The third-order valence-corrected chi connectivity index (χ3v) is 1.91. The van der Waals surface area contributed by atoms with E-state index in [0.717, 1.165) is 0 Å². The molecule has 0 unspecified atom stereocenters. The Morgan fingerprint density at radius 1 is 0.947 bits per heavy atom. The molecule has 0 fully saturated rings. The summed E-state index contributed by atoms with van der Waals surface area (Å²) in [6, 6.07) is -0.223. The van der Waals surface area contributed by atoms with E-state index in [4.69, 9.17) is 5.11 Å². The Hall–Kier alpha value is -1.74. The predicted octanol–water partition coefficient (Wildman–Crippen LogP) is 4.03. The van der Waals surface area contributed by atoms with Gasteiger partial charge in [0.25, 0.3) is 0 Å². The van der Waals surface area contributed by atoms with Crippen LogP contribution in [0.3, 0.4) is 0 Å². The van der Waals surface area contributed by atoms with Crippen LogP contribution in [0.15, 0.2) is 12.1 Å². The molecule has 0 amide bonds. The number of phenols is 1. The van der Waals surface area contributed by atoms with Crippen molar-refractivity contribution in [2.75, 3.05) is 0 Å². The van der Waals surface area contributed by atoms with Crippen LogP contribution >= 0.6 is 0 Å². The highest BCUT2D eigenvalue weighted by Gasteiger charge is 2.46. The molecule has 0 spiro atoms. The van der Waals surface area contributed by atoms with Crippen LogP contribution < -0.4 is 4.74 Å². The second-order valence-electron chi connectivity index (χ2n) is 3.24. The van der Waals surface area contributed by atoms with Crippen molar-refractivity contribution in [1.82, 2.24) is 0 Å². The Balaban J connectivity index is 3.49. The van der Waals surface area contributed by atoms with E-state index in [2.05, 4.69) is 4.74 Å². The third kappa shape index (κ3) is 3.61. The molecule has 0 aliphatic rings. The average molecular weight is 296 g/mol. The molecule has 1 aromatic carbocycles. The van der Waals surface area contributed by atoms with Gasteiger partial charge in [-0.15, -0.1) is 0 Å². The van der Waals surface area contributed by atoms with Gasteiger partial charge in [-0.05, 0) is 6.07 Å². The van der Waals surface area contributed by atoms with Crippen LogP contribution in [0.2, 0.25) is 0 Å². The predicted molar refractivity (Wildman–Crippen MR) is 44.7 cm³/mol. The van der Waals surface area contributed by atoms with Gasteiger partial charge in [0.2, 0.25) is 0 Å². The zero-order chi connectivity index (χ0) is 15.0. The fourth-order valence-corrected chi connectivity index (χ4v) is 1.29. The summed E-state index contributed by atoms with van der Waals surface area (Å²) in [6.45, 7) is -3.54. The molecule has 0 bridgehead atoms. The number of phenolic OH excluding ortho intramolecular Hbond substituents is 1. The van der Waals surface area contributed by atoms with E-state index in [-0.39, 0.29) is 12.1 Å². The molecule has 108 valence electrons. The van der Waals surface area contributed by atoms with Gasteiger partial charge in [0.15, 0.2) is 0 Å². The van der Waals surface area contributed by atoms with E-state index in [1.807, 2.05) is 0 Å². The second kappa shape index (κ2) is 4.74. The number of ether oxygens (including phenoxy) is 1. The van der Waals surface area contributed by atoms with Crippen LogP contribution in [0, 0.1) is 0 Å². The SMILES string of the molecule is Oc1cc(OC(F)F)cc(C(F)(F)F)c1C(F)(F)F. The Kier molecular flexibility index (Phi) is 3.82. The van der Waals surface area contributed by atoms with Gasteiger partial charge in [0, 0.05) is 6.07 Å². The molecule has 1 rings (SSSR count). The lowest BCUT2D eigenvalue weighted by molar-refractivity contribution is -0.163. The van der Waals surface area contributed by atoms with E-state index in [0.29, 0.717) is 0 Å². The minimum Gasteiger partial charge on any atom is -0.507 e. The van der Waals surface area contributed by atoms with Crippen molar-refractivity contribution >= 4 is 0 Å². The van der Waals surface area contributed by atoms with Crippen molar-refractivity contribution in [2.45, 2.75) is 19.0 Å². The van der Waals surface area contributed by atoms with E-state index >= 15 is 0 Å². The van der Waals surface area contributed by atoms with Gasteiger partial charge in [-0.1, -0.05) is 0 Å². The molecule has 0 saturated heterocycles. The fraction of sp³-hybridized carbons (Fsp3) is 0.333. The first-order valence-electron chi connectivity index (χ1n) is 4.39. The molecule has 0 aliphatic heterocycles. The summed E-state index contributed by atoms with van der Waals surface area (Å²) in [5.74, 6) is -3.08. The quantitative estimate of drug-likeness (QED) is 0.835. The molecular formula is C9H4F8O2. The number of rotatable bonds is 2. The monoisotopic (exact) mass is 296 g/mol. The second-order valence-corrected chi connectivity index (χ2v) is 3.24. The highest BCUT2D eigenvalue weighted by atomic mass is 19.4. The lowest BCUT2D eigenvalue weighted by Crippen LogP contribution is -2.17. The molecule has 0 radical (unpaired) electrons. The molecule has 0 aliphatic carbocycles. The van der Waals surface area contributed by atoms with Crippen molar-refractivity contribution < 1.29 is 45.0 Å². The first-order valence-corrected chi connectivity index (χ1v) is 4.39. The Morgan fingerprint density at radius 3 is 1.84 bits per heavy atom. The molecule has 0 aromatic heterocycles. The van der Waals surface area contributed by atoms with E-state index in [1.165, 1.54) is 0 Å². The fourth-order valence-electron chi connectivity index (χ4n) is 1.29. The van der Waals surface area contributed by atoms with Crippen molar-refractivity contribution in [2.24, 2.45) is 0 Å². The van der Waals surface area contributed by atoms with Crippen LogP contribution in [-0.4, -0.2) is 11.7 Å². The molecule has 0 saturated carbocycles. The molecular weight excluding hydrogens is 292 g/mol. The van der Waals surface area contributed by atoms with Crippen LogP contribution in [-0.2, 0) is 12.4 Å². The number of halogens is 8. The number of alkyl halides is 8. The van der Waals surface area contributed by atoms with Gasteiger partial charge in [0.05, 0.1) is 5.56 Å². The number of benzene rings is 1. The summed E-state index contributed by atoms with van der Waals surface area (Å²) >= 11 is 0. The van der Waals surface area contributed by atoms with Gasteiger partial charge >= 0.3 is 19.0 Å². The van der Waals surface area contributed by atoms with Crippen LogP contribution in [0.4, 0.5) is 35.1 Å². The average Bonchev–Trinajstić information content (AvgIpc) is 2.11. The van der Waals surface area contributed by atoms with Gasteiger partial charge in [0.1, 0.15) is 17.1 Å². The molecule has 1 N–H and O–H groups in total. The Morgan fingerprint density at radius 2 is 1.47 bits per heavy atom. The Bertz CT molecular complexity index is 463. The van der Waals surface area contributed by atoms with E-state index in [9.17, 15) is 35.1 Å². The van der Waals surface area contributed by atoms with Crippen LogP contribution in [0.25, 0.3) is 0 Å². The molecule has 19 heavy (non-hydrogen) atoms. The van der Waals surface area contributed by atoms with Crippen molar-refractivity contribution in [1.29, 1.82) is 0 Å². The zero-order valence-corrected chi connectivity index (χ0v) is 8.61. The van der Waals surface area contributed by atoms with E-state index < -0.39 is 41.6 Å². The molecule has 2 nitrogen and oxygen atoms in total. The highest BCUT2D eigenvalue weighted by molar-refractivity contribution is 5.48. The summed E-state index contributed by atoms with van der Waals surface area (Å²) in [7, 11) is 0. The number of hydrogen-bond acceptors (Lipinski definition) is 2. The first-order chi connectivity index (χ1) is 8.43. The molecule has 0 atom stereocenters. The summed E-state index contributed by atoms with van der Waals surface area (Å²) in [5.41, 5.74) is -4.67. The largest absolute Gasteiger partial charge is 0.507 e. The first kappa shape index (κ1) is 15.3. The summed E-state index contributed by atoms with van der Waals surface area (Å²) in [6.07, 6.45) is -11.0. The maximum Gasteiger partial charge on any atom is 0.420 e. The normalized spacial score (nSPS) is 12.9. The smallest absolute Gasteiger partial charge is 0.420 e. The van der Waals surface area contributed by atoms with E-state index in [1.54, 1.807) is 0 Å². The van der Waals surface area contributed by atoms with Crippen molar-refractivity contribution in [3.63, 3.8) is 0 Å². The van der Waals surface area contributed by atoms with Crippen LogP contribution in [0.5, 0.6) is 11.5 Å². The molecule has 0 heterocycles. The highest BCUT2D eigenvalue weighted by Crippen LogP contribution is 2.46. The standard InChI is InChI=1S/C9H4F8O2/c10-7(11)19-3-1-4(8(12,13)14)6(5(18)2-3)9(15,16)17/h1-2,7,18H. The lowest BCUT2D eigenvalue weighted by Gasteiger charge is -2.18.